The molecule has 62 valence electrons. The van der Waals surface area contributed by atoms with E-state index < -0.39 is 0 Å². The second-order valence-corrected chi connectivity index (χ2v) is 3.44. The van der Waals surface area contributed by atoms with Crippen LogP contribution < -0.4 is 0 Å². The average molecular weight is 174 g/mol. The summed E-state index contributed by atoms with van der Waals surface area (Å²) in [7, 11) is 0. The van der Waals surface area contributed by atoms with E-state index in [0.717, 1.165) is 6.54 Å². The van der Waals surface area contributed by atoms with Gasteiger partial charge in [0.15, 0.2) is 0 Å². The van der Waals surface area contributed by atoms with Crippen molar-refractivity contribution in [2.45, 2.75) is 6.92 Å². The third kappa shape index (κ3) is 1.27. The predicted molar refractivity (Wildman–Crippen MR) is 45.6 cm³/mol. The Labute approximate surface area is 71.8 Å². The first-order valence-electron chi connectivity index (χ1n) is 3.60. The monoisotopic (exact) mass is 173 g/mol. The van der Waals surface area contributed by atoms with Gasteiger partial charge in [-0.1, -0.05) is 6.08 Å². The normalized spacial score (nSPS) is 30.0. The van der Waals surface area contributed by atoms with Crippen molar-refractivity contribution < 1.29 is 4.79 Å². The standard InChI is InChI=1S/C8H12ClNO/c1-3-4-10-6-8(2,5-9)7(10)11/h3H,1,4-6H2,2H3. The Morgan fingerprint density at radius 2 is 2.55 bits per heavy atom. The van der Waals surface area contributed by atoms with Crippen LogP contribution in [0.15, 0.2) is 12.7 Å². The maximum atomic E-state index is 11.3. The van der Waals surface area contributed by atoms with Crippen LogP contribution in [0.1, 0.15) is 6.92 Å². The Morgan fingerprint density at radius 3 is 2.91 bits per heavy atom. The van der Waals surface area contributed by atoms with Crippen molar-refractivity contribution in [3.8, 4) is 0 Å². The molecular weight excluding hydrogens is 162 g/mol. The molecule has 2 nitrogen and oxygen atoms in total. The molecule has 0 bridgehead atoms. The number of carbonyl (C=O) groups excluding carboxylic acids is 1. The third-order valence-corrected chi connectivity index (χ3v) is 2.58. The maximum absolute atomic E-state index is 11.3. The molecule has 1 unspecified atom stereocenters. The van der Waals surface area contributed by atoms with E-state index in [-0.39, 0.29) is 11.3 Å². The number of amides is 1. The molecule has 1 heterocycles. The highest BCUT2D eigenvalue weighted by Gasteiger charge is 2.46. The second kappa shape index (κ2) is 2.86. The summed E-state index contributed by atoms with van der Waals surface area (Å²) in [6.45, 7) is 6.86. The van der Waals surface area contributed by atoms with Gasteiger partial charge in [-0.05, 0) is 6.92 Å². The zero-order valence-electron chi connectivity index (χ0n) is 6.64. The molecule has 0 aromatic heterocycles. The number of hydrogen-bond acceptors (Lipinski definition) is 1. The topological polar surface area (TPSA) is 20.3 Å². The lowest BCUT2D eigenvalue weighted by Gasteiger charge is -2.45. The van der Waals surface area contributed by atoms with Crippen molar-refractivity contribution >= 4 is 17.5 Å². The van der Waals surface area contributed by atoms with Crippen LogP contribution in [0.4, 0.5) is 0 Å². The zero-order chi connectivity index (χ0) is 8.48. The lowest BCUT2D eigenvalue weighted by Crippen LogP contribution is -2.60. The van der Waals surface area contributed by atoms with Crippen LogP contribution in [0.5, 0.6) is 0 Å². The molecule has 0 aromatic rings. The molecule has 1 atom stereocenters. The molecular formula is C8H12ClNO. The van der Waals surface area contributed by atoms with Crippen LogP contribution in [-0.2, 0) is 4.79 Å². The van der Waals surface area contributed by atoms with E-state index in [1.54, 1.807) is 11.0 Å². The van der Waals surface area contributed by atoms with Crippen LogP contribution in [0.3, 0.4) is 0 Å². The highest BCUT2D eigenvalue weighted by Crippen LogP contribution is 2.32. The summed E-state index contributed by atoms with van der Waals surface area (Å²) in [6, 6.07) is 0. The molecule has 1 aliphatic rings. The van der Waals surface area contributed by atoms with Crippen molar-refractivity contribution in [1.82, 2.24) is 4.90 Å². The van der Waals surface area contributed by atoms with Gasteiger partial charge >= 0.3 is 0 Å². The minimum atomic E-state index is -0.301. The summed E-state index contributed by atoms with van der Waals surface area (Å²) >= 11 is 5.63. The number of rotatable bonds is 3. The Bertz CT molecular complexity index is 193. The predicted octanol–water partition coefficient (Wildman–Crippen LogP) is 1.26. The average Bonchev–Trinajstić information content (AvgIpc) is 2.03. The Hall–Kier alpha value is -0.500. The van der Waals surface area contributed by atoms with E-state index in [4.69, 9.17) is 11.6 Å². The SMILES string of the molecule is C=CCN1CC(C)(CCl)C1=O. The van der Waals surface area contributed by atoms with E-state index in [1.165, 1.54) is 0 Å². The van der Waals surface area contributed by atoms with E-state index in [1.807, 2.05) is 6.92 Å². The van der Waals surface area contributed by atoms with E-state index in [2.05, 4.69) is 6.58 Å². The first-order valence-corrected chi connectivity index (χ1v) is 4.14. The lowest BCUT2D eigenvalue weighted by atomic mass is 9.83. The Balaban J connectivity index is 2.49. The van der Waals surface area contributed by atoms with E-state index in [9.17, 15) is 4.79 Å². The number of carbonyl (C=O) groups is 1. The fraction of sp³-hybridized carbons (Fsp3) is 0.625. The van der Waals surface area contributed by atoms with E-state index in [0.29, 0.717) is 12.4 Å². The van der Waals surface area contributed by atoms with Crippen molar-refractivity contribution in [2.24, 2.45) is 5.41 Å². The van der Waals surface area contributed by atoms with Gasteiger partial charge in [-0.25, -0.2) is 0 Å². The van der Waals surface area contributed by atoms with Crippen LogP contribution in [0.2, 0.25) is 0 Å². The van der Waals surface area contributed by atoms with Crippen LogP contribution in [0, 0.1) is 5.41 Å². The zero-order valence-corrected chi connectivity index (χ0v) is 7.40. The number of halogens is 1. The second-order valence-electron chi connectivity index (χ2n) is 3.17. The molecule has 0 spiro atoms. The lowest BCUT2D eigenvalue weighted by molar-refractivity contribution is -0.155. The summed E-state index contributed by atoms with van der Waals surface area (Å²) in [5, 5.41) is 0. The summed E-state index contributed by atoms with van der Waals surface area (Å²) in [5.74, 6) is 0.562. The van der Waals surface area contributed by atoms with Crippen molar-refractivity contribution in [1.29, 1.82) is 0 Å². The number of alkyl halides is 1. The molecule has 1 saturated heterocycles. The minimum Gasteiger partial charge on any atom is -0.337 e. The van der Waals surface area contributed by atoms with Gasteiger partial charge in [-0.3, -0.25) is 4.79 Å². The van der Waals surface area contributed by atoms with Crippen LogP contribution >= 0.6 is 11.6 Å². The molecule has 0 saturated carbocycles. The molecule has 3 heteroatoms. The van der Waals surface area contributed by atoms with Crippen LogP contribution in [0.25, 0.3) is 0 Å². The fourth-order valence-electron chi connectivity index (χ4n) is 1.25. The Kier molecular flexibility index (Phi) is 2.23. The molecule has 1 amide bonds. The van der Waals surface area contributed by atoms with Gasteiger partial charge in [0, 0.05) is 19.0 Å². The van der Waals surface area contributed by atoms with Crippen molar-refractivity contribution in [3.05, 3.63) is 12.7 Å². The van der Waals surface area contributed by atoms with Gasteiger partial charge in [0.1, 0.15) is 0 Å². The highest BCUT2D eigenvalue weighted by molar-refractivity contribution is 6.20. The summed E-state index contributed by atoms with van der Waals surface area (Å²) in [4.78, 5) is 13.0. The summed E-state index contributed by atoms with van der Waals surface area (Å²) in [6.07, 6.45) is 1.73. The molecule has 0 N–H and O–H groups in total. The van der Waals surface area contributed by atoms with Crippen molar-refractivity contribution in [2.75, 3.05) is 19.0 Å². The summed E-state index contributed by atoms with van der Waals surface area (Å²) in [5.41, 5.74) is -0.301. The molecule has 1 rings (SSSR count). The van der Waals surface area contributed by atoms with Gasteiger partial charge < -0.3 is 4.90 Å². The molecule has 0 aromatic carbocycles. The Morgan fingerprint density at radius 1 is 1.91 bits per heavy atom. The van der Waals surface area contributed by atoms with Crippen molar-refractivity contribution in [3.63, 3.8) is 0 Å². The minimum absolute atomic E-state index is 0.146. The first-order chi connectivity index (χ1) is 5.14. The maximum Gasteiger partial charge on any atom is 0.231 e. The van der Waals surface area contributed by atoms with Gasteiger partial charge in [-0.15, -0.1) is 18.2 Å². The first kappa shape index (κ1) is 8.60. The largest absolute Gasteiger partial charge is 0.337 e. The van der Waals surface area contributed by atoms with Gasteiger partial charge in [-0.2, -0.15) is 0 Å². The van der Waals surface area contributed by atoms with E-state index >= 15 is 0 Å². The molecule has 0 aliphatic carbocycles. The van der Waals surface area contributed by atoms with Gasteiger partial charge in [0.25, 0.3) is 0 Å². The highest BCUT2D eigenvalue weighted by atomic mass is 35.5. The number of likely N-dealkylation sites (tertiary alicyclic amines) is 1. The quantitative estimate of drug-likeness (QED) is 0.358. The van der Waals surface area contributed by atoms with Gasteiger partial charge in [0.05, 0.1) is 5.41 Å². The smallest absolute Gasteiger partial charge is 0.231 e. The molecule has 1 aliphatic heterocycles. The number of hydrogen-bond donors (Lipinski definition) is 0. The molecule has 0 radical (unpaired) electrons. The van der Waals surface area contributed by atoms with Gasteiger partial charge in [0.2, 0.25) is 5.91 Å². The number of nitrogens with zero attached hydrogens (tertiary/aromatic N) is 1. The summed E-state index contributed by atoms with van der Waals surface area (Å²) < 4.78 is 0. The fourth-order valence-corrected chi connectivity index (χ4v) is 1.45. The van der Waals surface area contributed by atoms with Crippen LogP contribution in [-0.4, -0.2) is 29.8 Å². The third-order valence-electron chi connectivity index (χ3n) is 1.99. The molecule has 11 heavy (non-hydrogen) atoms. The molecule has 1 fully saturated rings. The number of β-lactam (4-membered cyclic amide) rings is 1.